The van der Waals surface area contributed by atoms with Crippen molar-refractivity contribution in [2.24, 2.45) is 0 Å². The third kappa shape index (κ3) is 6.05. The van der Waals surface area contributed by atoms with Gasteiger partial charge in [0.2, 0.25) is 0 Å². The van der Waals surface area contributed by atoms with E-state index in [1.807, 2.05) is 22.6 Å². The molecule has 0 N–H and O–H groups in total. The van der Waals surface area contributed by atoms with Gasteiger partial charge in [0.05, 0.1) is 0 Å². The highest BCUT2D eigenvalue weighted by atomic mass is 127. The maximum absolute atomic E-state index is 9.79. The van der Waals surface area contributed by atoms with Crippen molar-refractivity contribution < 1.29 is 9.53 Å². The van der Waals surface area contributed by atoms with Crippen LogP contribution in [-0.4, -0.2) is 12.0 Å². The summed E-state index contributed by atoms with van der Waals surface area (Å²) in [5.74, 6) is 2.49. The molecule has 0 bridgehead atoms. The number of rotatable bonds is 1. The normalized spacial score (nSPS) is 6.75. The molecular weight excluding hydrogens is 242 g/mol. The van der Waals surface area contributed by atoms with Crippen molar-refractivity contribution in [2.45, 2.75) is 0 Å². The van der Waals surface area contributed by atoms with Crippen LogP contribution in [0.2, 0.25) is 0 Å². The molecule has 0 spiro atoms. The van der Waals surface area contributed by atoms with Crippen LogP contribution >= 0.6 is 34.2 Å². The minimum Gasteiger partial charge on any atom is -0.440 e. The first kappa shape index (κ1) is 8.05. The van der Waals surface area contributed by atoms with E-state index in [1.54, 1.807) is 0 Å². The van der Waals surface area contributed by atoms with E-state index in [0.717, 1.165) is 0 Å². The highest BCUT2D eigenvalue weighted by molar-refractivity contribution is 14.1. The molecule has 0 saturated heterocycles. The molecular formula is C4H2ClIO2. The van der Waals surface area contributed by atoms with Crippen LogP contribution in [0.1, 0.15) is 0 Å². The Hall–Kier alpha value is 0.0500. The molecule has 0 rings (SSSR count). The molecule has 0 unspecified atom stereocenters. The molecule has 0 amide bonds. The Morgan fingerprint density at radius 1 is 1.88 bits per heavy atom. The van der Waals surface area contributed by atoms with Crippen LogP contribution in [-0.2, 0) is 4.74 Å². The minimum atomic E-state index is -0.816. The number of carbonyl (C=O) groups excluding carboxylic acids is 1. The monoisotopic (exact) mass is 244 g/mol. The molecule has 2 nitrogen and oxygen atoms in total. The summed E-state index contributed by atoms with van der Waals surface area (Å²) in [6, 6.07) is 0. The van der Waals surface area contributed by atoms with Crippen LogP contribution in [0, 0.1) is 9.85 Å². The first-order valence-corrected chi connectivity index (χ1v) is 3.14. The molecule has 0 aliphatic heterocycles. The van der Waals surface area contributed by atoms with Gasteiger partial charge in [0, 0.05) is 34.2 Å². The molecule has 44 valence electrons. The number of hydrogen-bond donors (Lipinski definition) is 0. The van der Waals surface area contributed by atoms with Gasteiger partial charge in [0.1, 0.15) is 0 Å². The zero-order valence-electron chi connectivity index (χ0n) is 3.78. The van der Waals surface area contributed by atoms with Crippen LogP contribution in [0.3, 0.4) is 0 Å². The van der Waals surface area contributed by atoms with Gasteiger partial charge in [-0.25, -0.2) is 4.79 Å². The molecule has 0 fully saturated rings. The summed E-state index contributed by atoms with van der Waals surface area (Å²) < 4.78 is 6.74. The molecule has 0 atom stereocenters. The van der Waals surface area contributed by atoms with Gasteiger partial charge in [-0.2, -0.15) is 0 Å². The molecule has 0 aromatic rings. The lowest BCUT2D eigenvalue weighted by Crippen LogP contribution is -1.91. The van der Waals surface area contributed by atoms with Gasteiger partial charge < -0.3 is 4.74 Å². The molecule has 4 heteroatoms. The lowest BCUT2D eigenvalue weighted by molar-refractivity contribution is 0.188. The maximum Gasteiger partial charge on any atom is 0.404 e. The fraction of sp³-hybridized carbons (Fsp3) is 0.250. The van der Waals surface area contributed by atoms with Crippen LogP contribution in [0.15, 0.2) is 0 Å². The summed E-state index contributed by atoms with van der Waals surface area (Å²) in [4.78, 5) is 9.79. The van der Waals surface area contributed by atoms with Crippen molar-refractivity contribution in [1.82, 2.24) is 0 Å². The number of carbonyl (C=O) groups is 1. The molecule has 0 heterocycles. The Balaban J connectivity index is 3.14. The maximum atomic E-state index is 9.79. The largest absolute Gasteiger partial charge is 0.440 e. The van der Waals surface area contributed by atoms with Gasteiger partial charge in [-0.1, -0.05) is 5.92 Å². The molecule has 0 radical (unpaired) electrons. The Kier molecular flexibility index (Phi) is 5.22. The quantitative estimate of drug-likeness (QED) is 0.399. The van der Waals surface area contributed by atoms with Crippen molar-refractivity contribution in [2.75, 3.05) is 6.61 Å². The molecule has 0 aliphatic rings. The summed E-state index contributed by atoms with van der Waals surface area (Å²) in [6.45, 7) is 0.0747. The van der Waals surface area contributed by atoms with Gasteiger partial charge in [0.15, 0.2) is 6.61 Å². The van der Waals surface area contributed by atoms with Gasteiger partial charge >= 0.3 is 5.43 Å². The van der Waals surface area contributed by atoms with Crippen molar-refractivity contribution in [3.63, 3.8) is 0 Å². The second kappa shape index (κ2) is 5.19. The van der Waals surface area contributed by atoms with E-state index < -0.39 is 5.43 Å². The van der Waals surface area contributed by atoms with Crippen LogP contribution in [0.25, 0.3) is 0 Å². The van der Waals surface area contributed by atoms with Crippen LogP contribution in [0.4, 0.5) is 4.79 Å². The average Bonchev–Trinajstić information content (AvgIpc) is 1.66. The Morgan fingerprint density at radius 3 is 2.88 bits per heavy atom. The van der Waals surface area contributed by atoms with E-state index in [4.69, 9.17) is 11.6 Å². The number of halogens is 2. The highest BCUT2D eigenvalue weighted by Gasteiger charge is 1.88. The Bertz CT molecular complexity index is 135. The van der Waals surface area contributed by atoms with Crippen molar-refractivity contribution in [3.05, 3.63) is 0 Å². The molecule has 0 aromatic carbocycles. The van der Waals surface area contributed by atoms with E-state index in [0.29, 0.717) is 0 Å². The number of ether oxygens (including phenoxy) is 1. The first-order chi connectivity index (χ1) is 3.77. The van der Waals surface area contributed by atoms with Gasteiger partial charge in [-0.15, -0.1) is 0 Å². The third-order valence-corrected chi connectivity index (χ3v) is 0.815. The molecule has 0 aromatic heterocycles. The third-order valence-electron chi connectivity index (χ3n) is 0.325. The highest BCUT2D eigenvalue weighted by Crippen LogP contribution is 1.84. The summed E-state index contributed by atoms with van der Waals surface area (Å²) in [7, 11) is 0. The van der Waals surface area contributed by atoms with Crippen LogP contribution in [0.5, 0.6) is 0 Å². The van der Waals surface area contributed by atoms with E-state index >= 15 is 0 Å². The van der Waals surface area contributed by atoms with E-state index in [2.05, 4.69) is 14.6 Å². The average molecular weight is 244 g/mol. The summed E-state index contributed by atoms with van der Waals surface area (Å²) in [6.07, 6.45) is 0. The standard InChI is InChI=1S/C4H2ClIO2/c5-4(7)8-3-1-2-6/h3H2. The zero-order valence-corrected chi connectivity index (χ0v) is 6.69. The second-order valence-electron chi connectivity index (χ2n) is 0.798. The van der Waals surface area contributed by atoms with E-state index in [1.165, 1.54) is 0 Å². The molecule has 8 heavy (non-hydrogen) atoms. The molecule has 0 aliphatic carbocycles. The fourth-order valence-corrected chi connectivity index (χ4v) is 0.330. The Labute approximate surface area is 65.7 Å². The summed E-state index contributed by atoms with van der Waals surface area (Å²) in [5.41, 5.74) is -0.816. The van der Waals surface area contributed by atoms with Crippen molar-refractivity contribution >= 4 is 39.6 Å². The minimum absolute atomic E-state index is 0.0747. The second-order valence-corrected chi connectivity index (χ2v) is 1.65. The number of hydrogen-bond acceptors (Lipinski definition) is 2. The van der Waals surface area contributed by atoms with Crippen molar-refractivity contribution in [3.8, 4) is 9.85 Å². The SMILES string of the molecule is O=C(Cl)OCC#CI. The first-order valence-electron chi connectivity index (χ1n) is 1.68. The van der Waals surface area contributed by atoms with Gasteiger partial charge in [-0.3, -0.25) is 0 Å². The summed E-state index contributed by atoms with van der Waals surface area (Å²) in [5, 5.41) is 0. The van der Waals surface area contributed by atoms with Crippen molar-refractivity contribution in [1.29, 1.82) is 0 Å². The predicted octanol–water partition coefficient (Wildman–Crippen LogP) is 1.76. The molecule has 0 saturated carbocycles. The van der Waals surface area contributed by atoms with Gasteiger partial charge in [0.25, 0.3) is 0 Å². The van der Waals surface area contributed by atoms with Gasteiger partial charge in [-0.05, 0) is 3.93 Å². The zero-order chi connectivity index (χ0) is 6.41. The van der Waals surface area contributed by atoms with E-state index in [-0.39, 0.29) is 6.61 Å². The van der Waals surface area contributed by atoms with E-state index in [9.17, 15) is 4.79 Å². The lowest BCUT2D eigenvalue weighted by Gasteiger charge is -1.86. The summed E-state index contributed by atoms with van der Waals surface area (Å²) >= 11 is 6.62. The fourth-order valence-electron chi connectivity index (χ4n) is 0.120. The Morgan fingerprint density at radius 2 is 2.50 bits per heavy atom. The topological polar surface area (TPSA) is 26.3 Å². The van der Waals surface area contributed by atoms with Crippen LogP contribution < -0.4 is 0 Å². The lowest BCUT2D eigenvalue weighted by atomic mass is 10.8. The smallest absolute Gasteiger partial charge is 0.404 e. The predicted molar refractivity (Wildman–Crippen MR) is 39.0 cm³/mol.